The second kappa shape index (κ2) is 3.91. The number of aryl methyl sites for hydroxylation is 2. The van der Waals surface area contributed by atoms with Crippen molar-refractivity contribution in [2.45, 2.75) is 39.3 Å². The zero-order valence-corrected chi connectivity index (χ0v) is 10.2. The van der Waals surface area contributed by atoms with Gasteiger partial charge in [0.1, 0.15) is 5.82 Å². The summed E-state index contributed by atoms with van der Waals surface area (Å²) in [5.41, 5.74) is 8.15. The van der Waals surface area contributed by atoms with Gasteiger partial charge in [-0.25, -0.2) is 4.98 Å². The van der Waals surface area contributed by atoms with E-state index in [0.717, 1.165) is 24.3 Å². The molecule has 3 nitrogen and oxygen atoms in total. The molecule has 0 amide bonds. The molecule has 1 aromatic carbocycles. The summed E-state index contributed by atoms with van der Waals surface area (Å²) in [5, 5.41) is 0. The predicted molar refractivity (Wildman–Crippen MR) is 67.4 cm³/mol. The van der Waals surface area contributed by atoms with E-state index in [1.807, 2.05) is 25.1 Å². The highest BCUT2D eigenvalue weighted by molar-refractivity contribution is 5.75. The molecule has 0 aliphatic rings. The maximum Gasteiger partial charge on any atom is 0.106 e. The average Bonchev–Trinajstić information content (AvgIpc) is 2.49. The number of nitrogens with zero attached hydrogens (tertiary/aromatic N) is 2. The van der Waals surface area contributed by atoms with Crippen LogP contribution >= 0.6 is 0 Å². The smallest absolute Gasteiger partial charge is 0.106 e. The van der Waals surface area contributed by atoms with Gasteiger partial charge in [-0.1, -0.05) is 12.1 Å². The lowest BCUT2D eigenvalue weighted by Gasteiger charge is -2.19. The van der Waals surface area contributed by atoms with Gasteiger partial charge in [0.2, 0.25) is 0 Å². The first-order valence-electron chi connectivity index (χ1n) is 5.68. The van der Waals surface area contributed by atoms with Crippen molar-refractivity contribution in [3.8, 4) is 0 Å². The minimum atomic E-state index is -0.127. The number of hydrogen-bond acceptors (Lipinski definition) is 2. The highest BCUT2D eigenvalue weighted by Crippen LogP contribution is 2.17. The molecule has 16 heavy (non-hydrogen) atoms. The normalized spacial score (nSPS) is 12.2. The van der Waals surface area contributed by atoms with Gasteiger partial charge in [0, 0.05) is 12.1 Å². The molecule has 0 bridgehead atoms. The van der Waals surface area contributed by atoms with Gasteiger partial charge < -0.3 is 10.3 Å². The molecule has 0 spiro atoms. The Labute approximate surface area is 96.3 Å². The fourth-order valence-electron chi connectivity index (χ4n) is 1.88. The van der Waals surface area contributed by atoms with Gasteiger partial charge >= 0.3 is 0 Å². The van der Waals surface area contributed by atoms with Crippen molar-refractivity contribution < 1.29 is 0 Å². The van der Waals surface area contributed by atoms with Crippen LogP contribution in [-0.2, 0) is 6.54 Å². The molecule has 0 unspecified atom stereocenters. The van der Waals surface area contributed by atoms with Gasteiger partial charge in [-0.05, 0) is 39.3 Å². The van der Waals surface area contributed by atoms with E-state index in [-0.39, 0.29) is 5.54 Å². The molecule has 0 saturated carbocycles. The molecule has 0 aliphatic carbocycles. The lowest BCUT2D eigenvalue weighted by atomic mass is 10.0. The Morgan fingerprint density at radius 2 is 2.00 bits per heavy atom. The van der Waals surface area contributed by atoms with Crippen LogP contribution in [0.5, 0.6) is 0 Å². The van der Waals surface area contributed by atoms with Gasteiger partial charge in [-0.15, -0.1) is 0 Å². The van der Waals surface area contributed by atoms with Gasteiger partial charge in [-0.2, -0.15) is 0 Å². The number of para-hydroxylation sites is 2. The maximum absolute atomic E-state index is 6.01. The summed E-state index contributed by atoms with van der Waals surface area (Å²) >= 11 is 0. The van der Waals surface area contributed by atoms with E-state index < -0.39 is 0 Å². The molecular weight excluding hydrogens is 198 g/mol. The second-order valence-corrected chi connectivity index (χ2v) is 5.04. The van der Waals surface area contributed by atoms with Crippen LogP contribution in [-0.4, -0.2) is 15.1 Å². The molecule has 1 heterocycles. The highest BCUT2D eigenvalue weighted by Gasteiger charge is 2.13. The quantitative estimate of drug-likeness (QED) is 0.858. The third kappa shape index (κ3) is 2.25. The molecule has 1 aromatic heterocycles. The minimum Gasteiger partial charge on any atom is -0.328 e. The first kappa shape index (κ1) is 11.1. The van der Waals surface area contributed by atoms with E-state index in [1.165, 1.54) is 5.52 Å². The van der Waals surface area contributed by atoms with E-state index in [0.29, 0.717) is 0 Å². The summed E-state index contributed by atoms with van der Waals surface area (Å²) in [4.78, 5) is 4.54. The van der Waals surface area contributed by atoms with E-state index in [9.17, 15) is 0 Å². The van der Waals surface area contributed by atoms with Crippen molar-refractivity contribution in [3.05, 3.63) is 30.1 Å². The van der Waals surface area contributed by atoms with Crippen LogP contribution in [0.3, 0.4) is 0 Å². The summed E-state index contributed by atoms with van der Waals surface area (Å²) in [6.45, 7) is 7.09. The minimum absolute atomic E-state index is 0.127. The molecule has 0 atom stereocenters. The zero-order valence-electron chi connectivity index (χ0n) is 10.2. The van der Waals surface area contributed by atoms with Crippen molar-refractivity contribution in [2.75, 3.05) is 0 Å². The Balaban J connectivity index is 2.33. The number of hydrogen-bond donors (Lipinski definition) is 1. The number of nitrogens with two attached hydrogens (primary N) is 1. The molecule has 2 aromatic rings. The summed E-state index contributed by atoms with van der Waals surface area (Å²) < 4.78 is 2.24. The Morgan fingerprint density at radius 1 is 1.31 bits per heavy atom. The molecule has 0 radical (unpaired) electrons. The largest absolute Gasteiger partial charge is 0.328 e. The Morgan fingerprint density at radius 3 is 2.69 bits per heavy atom. The van der Waals surface area contributed by atoms with Crippen LogP contribution in [0.1, 0.15) is 26.1 Å². The molecule has 0 fully saturated rings. The number of rotatable bonds is 3. The molecular formula is C13H19N3. The molecule has 2 rings (SSSR count). The molecule has 86 valence electrons. The SMILES string of the molecule is Cc1nc2ccccc2n1CCC(C)(C)N. The average molecular weight is 217 g/mol. The second-order valence-electron chi connectivity index (χ2n) is 5.04. The van der Waals surface area contributed by atoms with E-state index in [2.05, 4.69) is 29.5 Å². The van der Waals surface area contributed by atoms with E-state index in [4.69, 9.17) is 5.73 Å². The lowest BCUT2D eigenvalue weighted by Crippen LogP contribution is -2.33. The number of benzene rings is 1. The van der Waals surface area contributed by atoms with Gasteiger partial charge in [-0.3, -0.25) is 0 Å². The van der Waals surface area contributed by atoms with Crippen molar-refractivity contribution in [2.24, 2.45) is 5.73 Å². The van der Waals surface area contributed by atoms with Crippen molar-refractivity contribution in [1.82, 2.24) is 9.55 Å². The first-order chi connectivity index (χ1) is 7.47. The van der Waals surface area contributed by atoms with Gasteiger partial charge in [0.05, 0.1) is 11.0 Å². The number of fused-ring (bicyclic) bond motifs is 1. The fraction of sp³-hybridized carbons (Fsp3) is 0.462. The predicted octanol–water partition coefficient (Wildman–Crippen LogP) is 2.47. The summed E-state index contributed by atoms with van der Waals surface area (Å²) in [6.07, 6.45) is 0.953. The van der Waals surface area contributed by atoms with Crippen LogP contribution in [0.4, 0.5) is 0 Å². The third-order valence-electron chi connectivity index (χ3n) is 2.83. The number of imidazole rings is 1. The first-order valence-corrected chi connectivity index (χ1v) is 5.68. The fourth-order valence-corrected chi connectivity index (χ4v) is 1.88. The maximum atomic E-state index is 6.01. The van der Waals surface area contributed by atoms with Crippen LogP contribution in [0.15, 0.2) is 24.3 Å². The molecule has 3 heteroatoms. The third-order valence-corrected chi connectivity index (χ3v) is 2.83. The highest BCUT2D eigenvalue weighted by atomic mass is 15.1. The summed E-state index contributed by atoms with van der Waals surface area (Å²) in [5.74, 6) is 1.06. The lowest BCUT2D eigenvalue weighted by molar-refractivity contribution is 0.437. The van der Waals surface area contributed by atoms with Gasteiger partial charge in [0.15, 0.2) is 0 Å². The standard InChI is InChI=1S/C13H19N3/c1-10-15-11-6-4-5-7-12(11)16(10)9-8-13(2,3)14/h4-7H,8-9,14H2,1-3H3. The van der Waals surface area contributed by atoms with Crippen LogP contribution in [0.25, 0.3) is 11.0 Å². The molecule has 0 aliphatic heterocycles. The monoisotopic (exact) mass is 217 g/mol. The Hall–Kier alpha value is -1.35. The van der Waals surface area contributed by atoms with Crippen LogP contribution < -0.4 is 5.73 Å². The van der Waals surface area contributed by atoms with Crippen molar-refractivity contribution in [1.29, 1.82) is 0 Å². The molecule has 2 N–H and O–H groups in total. The topological polar surface area (TPSA) is 43.8 Å². The van der Waals surface area contributed by atoms with E-state index >= 15 is 0 Å². The Bertz CT molecular complexity index is 491. The van der Waals surface area contributed by atoms with Crippen LogP contribution in [0, 0.1) is 6.92 Å². The summed E-state index contributed by atoms with van der Waals surface area (Å²) in [6, 6.07) is 8.23. The van der Waals surface area contributed by atoms with E-state index in [1.54, 1.807) is 0 Å². The molecule has 0 saturated heterocycles. The van der Waals surface area contributed by atoms with Crippen LogP contribution in [0.2, 0.25) is 0 Å². The van der Waals surface area contributed by atoms with Gasteiger partial charge in [0.25, 0.3) is 0 Å². The summed E-state index contributed by atoms with van der Waals surface area (Å²) in [7, 11) is 0. The zero-order chi connectivity index (χ0) is 11.8. The van der Waals surface area contributed by atoms with Crippen molar-refractivity contribution in [3.63, 3.8) is 0 Å². The number of aromatic nitrogens is 2. The van der Waals surface area contributed by atoms with Crippen molar-refractivity contribution >= 4 is 11.0 Å². The Kier molecular flexibility index (Phi) is 2.72.